The zero-order valence-corrected chi connectivity index (χ0v) is 20.7. The summed E-state index contributed by atoms with van der Waals surface area (Å²) in [5.74, 6) is -5.21. The summed E-state index contributed by atoms with van der Waals surface area (Å²) in [5, 5.41) is 34.9. The molecule has 0 spiro atoms. The third-order valence-electron chi connectivity index (χ3n) is 5.30. The predicted molar refractivity (Wildman–Crippen MR) is 135 cm³/mol. The second kappa shape index (κ2) is 16.5. The van der Waals surface area contributed by atoms with Crippen LogP contribution in [0.2, 0.25) is 0 Å². The molecular formula is C23H35N7O8. The number of carbonyl (C=O) groups excluding carboxylic acids is 3. The van der Waals surface area contributed by atoms with E-state index in [2.05, 4.69) is 20.9 Å². The summed E-state index contributed by atoms with van der Waals surface area (Å²) < 4.78 is 0. The number of hydrogen-bond donors (Lipinski definition) is 9. The molecule has 1 aromatic carbocycles. The molecule has 15 nitrogen and oxygen atoms in total. The van der Waals surface area contributed by atoms with E-state index in [4.69, 9.17) is 22.3 Å². The van der Waals surface area contributed by atoms with Crippen molar-refractivity contribution >= 4 is 35.6 Å². The van der Waals surface area contributed by atoms with Gasteiger partial charge in [-0.1, -0.05) is 30.3 Å². The number of rotatable bonds is 17. The lowest BCUT2D eigenvalue weighted by Crippen LogP contribution is -2.58. The average molecular weight is 538 g/mol. The van der Waals surface area contributed by atoms with Gasteiger partial charge in [0.05, 0.1) is 12.6 Å². The summed E-state index contributed by atoms with van der Waals surface area (Å²) in [6.07, 6.45) is -0.331. The van der Waals surface area contributed by atoms with E-state index < -0.39 is 60.4 Å². The van der Waals surface area contributed by atoms with Crippen LogP contribution in [-0.2, 0) is 30.4 Å². The molecule has 0 bridgehead atoms. The lowest BCUT2D eigenvalue weighted by molar-refractivity contribution is -0.142. The van der Waals surface area contributed by atoms with Crippen molar-refractivity contribution in [2.45, 2.75) is 56.3 Å². The number of aliphatic hydroxyl groups is 1. The summed E-state index contributed by atoms with van der Waals surface area (Å²) in [7, 11) is 0. The van der Waals surface area contributed by atoms with Gasteiger partial charge in [-0.2, -0.15) is 0 Å². The number of amides is 3. The maximum absolute atomic E-state index is 13.0. The minimum absolute atomic E-state index is 0.00735. The van der Waals surface area contributed by atoms with Crippen molar-refractivity contribution in [3.05, 3.63) is 35.9 Å². The molecule has 0 aliphatic rings. The number of nitrogens with zero attached hydrogens (tertiary/aromatic N) is 1. The first-order valence-corrected chi connectivity index (χ1v) is 11.8. The van der Waals surface area contributed by atoms with E-state index in [0.29, 0.717) is 5.56 Å². The summed E-state index contributed by atoms with van der Waals surface area (Å²) >= 11 is 0. The minimum Gasteiger partial charge on any atom is -0.481 e. The van der Waals surface area contributed by atoms with Gasteiger partial charge in [0.15, 0.2) is 5.96 Å². The molecule has 4 atom stereocenters. The number of carboxylic acids is 2. The fraction of sp³-hybridized carbons (Fsp3) is 0.478. The molecule has 0 aromatic heterocycles. The van der Waals surface area contributed by atoms with Crippen molar-refractivity contribution < 1.29 is 39.3 Å². The Morgan fingerprint density at radius 3 is 1.97 bits per heavy atom. The second-order valence-corrected chi connectivity index (χ2v) is 8.38. The molecule has 0 saturated heterocycles. The largest absolute Gasteiger partial charge is 0.481 e. The van der Waals surface area contributed by atoms with Crippen LogP contribution in [-0.4, -0.2) is 88.3 Å². The standard InChI is InChI=1S/C23H35N7O8/c24-14(8-9-18(32)33)19(34)30-17(12-31)21(36)29-16(11-13-5-2-1-3-6-13)20(35)28-15(22(37)38)7-4-10-27-23(25)26/h1-3,5-6,14-17,31H,4,7-12,24H2,(H,28,35)(H,29,36)(H,30,34)(H,32,33)(H,37,38)(H4,25,26,27). The molecule has 3 amide bonds. The zero-order chi connectivity index (χ0) is 28.7. The highest BCUT2D eigenvalue weighted by Crippen LogP contribution is 2.06. The molecule has 0 fully saturated rings. The molecule has 0 saturated carbocycles. The highest BCUT2D eigenvalue weighted by atomic mass is 16.4. The molecule has 1 aromatic rings. The van der Waals surface area contributed by atoms with Crippen molar-refractivity contribution in [2.24, 2.45) is 22.2 Å². The van der Waals surface area contributed by atoms with Gasteiger partial charge in [-0.05, 0) is 24.8 Å². The zero-order valence-electron chi connectivity index (χ0n) is 20.7. The van der Waals surface area contributed by atoms with Crippen LogP contribution in [0.5, 0.6) is 0 Å². The molecule has 12 N–H and O–H groups in total. The van der Waals surface area contributed by atoms with Gasteiger partial charge in [0, 0.05) is 19.4 Å². The Morgan fingerprint density at radius 1 is 0.842 bits per heavy atom. The number of nitrogens with two attached hydrogens (primary N) is 3. The number of aliphatic imine (C=N–C) groups is 1. The lowest BCUT2D eigenvalue weighted by Gasteiger charge is -2.24. The molecule has 210 valence electrons. The molecule has 15 heteroatoms. The number of nitrogens with one attached hydrogen (secondary N) is 3. The van der Waals surface area contributed by atoms with Crippen LogP contribution in [0, 0.1) is 0 Å². The third-order valence-corrected chi connectivity index (χ3v) is 5.30. The van der Waals surface area contributed by atoms with Crippen LogP contribution in [0.15, 0.2) is 35.3 Å². The highest BCUT2D eigenvalue weighted by molar-refractivity contribution is 5.94. The molecule has 0 aliphatic carbocycles. The number of benzene rings is 1. The summed E-state index contributed by atoms with van der Waals surface area (Å²) in [5.41, 5.74) is 16.8. The normalized spacial score (nSPS) is 13.7. The van der Waals surface area contributed by atoms with E-state index in [1.54, 1.807) is 30.3 Å². The van der Waals surface area contributed by atoms with Crippen LogP contribution in [0.3, 0.4) is 0 Å². The Balaban J connectivity index is 2.96. The average Bonchev–Trinajstić information content (AvgIpc) is 2.86. The van der Waals surface area contributed by atoms with E-state index in [0.717, 1.165) is 0 Å². The second-order valence-electron chi connectivity index (χ2n) is 8.38. The first-order chi connectivity index (χ1) is 17.9. The fourth-order valence-corrected chi connectivity index (χ4v) is 3.25. The topological polar surface area (TPSA) is 273 Å². The van der Waals surface area contributed by atoms with Gasteiger partial charge in [-0.15, -0.1) is 0 Å². The SMILES string of the molecule is NC(N)=NCCCC(NC(=O)C(Cc1ccccc1)NC(=O)C(CO)NC(=O)C(N)CCC(=O)O)C(=O)O. The van der Waals surface area contributed by atoms with Crippen LogP contribution in [0.4, 0.5) is 0 Å². The van der Waals surface area contributed by atoms with Crippen molar-refractivity contribution in [3.63, 3.8) is 0 Å². The van der Waals surface area contributed by atoms with Crippen molar-refractivity contribution in [3.8, 4) is 0 Å². The maximum Gasteiger partial charge on any atom is 0.326 e. The van der Waals surface area contributed by atoms with Gasteiger partial charge >= 0.3 is 11.9 Å². The number of carbonyl (C=O) groups is 5. The molecule has 0 aliphatic heterocycles. The lowest BCUT2D eigenvalue weighted by atomic mass is 10.0. The van der Waals surface area contributed by atoms with Gasteiger partial charge < -0.3 is 48.5 Å². The Kier molecular flexibility index (Phi) is 13.8. The van der Waals surface area contributed by atoms with Crippen molar-refractivity contribution in [1.29, 1.82) is 0 Å². The molecule has 0 radical (unpaired) electrons. The predicted octanol–water partition coefficient (Wildman–Crippen LogP) is -2.99. The van der Waals surface area contributed by atoms with Crippen LogP contribution in [0.1, 0.15) is 31.2 Å². The highest BCUT2D eigenvalue weighted by Gasteiger charge is 2.30. The van der Waals surface area contributed by atoms with Crippen LogP contribution >= 0.6 is 0 Å². The minimum atomic E-state index is -1.50. The van der Waals surface area contributed by atoms with Gasteiger partial charge in [0.1, 0.15) is 18.1 Å². The number of carboxylic acid groups (broad SMARTS) is 2. The molecular weight excluding hydrogens is 502 g/mol. The van der Waals surface area contributed by atoms with E-state index in [-0.39, 0.29) is 44.6 Å². The van der Waals surface area contributed by atoms with Crippen molar-refractivity contribution in [1.82, 2.24) is 16.0 Å². The third kappa shape index (κ3) is 12.1. The molecule has 0 heterocycles. The summed E-state index contributed by atoms with van der Waals surface area (Å²) in [6, 6.07) is 3.26. The van der Waals surface area contributed by atoms with Gasteiger partial charge in [0.25, 0.3) is 0 Å². The van der Waals surface area contributed by atoms with E-state index in [1.165, 1.54) is 0 Å². The van der Waals surface area contributed by atoms with Gasteiger partial charge in [-0.25, -0.2) is 4.79 Å². The van der Waals surface area contributed by atoms with E-state index in [1.807, 2.05) is 0 Å². The number of hydrogen-bond acceptors (Lipinski definition) is 8. The first kappa shape index (κ1) is 31.8. The first-order valence-electron chi connectivity index (χ1n) is 11.8. The van der Waals surface area contributed by atoms with Gasteiger partial charge in [0.2, 0.25) is 17.7 Å². The Bertz CT molecular complexity index is 985. The number of aliphatic hydroxyl groups excluding tert-OH is 1. The Hall–Kier alpha value is -4.24. The Morgan fingerprint density at radius 2 is 1.42 bits per heavy atom. The van der Waals surface area contributed by atoms with Crippen molar-refractivity contribution in [2.75, 3.05) is 13.2 Å². The fourth-order valence-electron chi connectivity index (χ4n) is 3.25. The number of guanidine groups is 1. The van der Waals surface area contributed by atoms with E-state index in [9.17, 15) is 34.2 Å². The smallest absolute Gasteiger partial charge is 0.326 e. The number of aliphatic carboxylic acids is 2. The van der Waals surface area contributed by atoms with Crippen LogP contribution in [0.25, 0.3) is 0 Å². The van der Waals surface area contributed by atoms with Crippen LogP contribution < -0.4 is 33.2 Å². The van der Waals surface area contributed by atoms with E-state index >= 15 is 0 Å². The monoisotopic (exact) mass is 537 g/mol. The summed E-state index contributed by atoms with van der Waals surface area (Å²) in [4.78, 5) is 64.3. The summed E-state index contributed by atoms with van der Waals surface area (Å²) in [6.45, 7) is -0.690. The molecule has 4 unspecified atom stereocenters. The quantitative estimate of drug-likeness (QED) is 0.0548. The molecule has 1 rings (SSSR count). The Labute approximate surface area is 218 Å². The molecule has 38 heavy (non-hydrogen) atoms. The van der Waals surface area contributed by atoms with Gasteiger partial charge in [-0.3, -0.25) is 24.2 Å². The maximum atomic E-state index is 13.0.